The SMILES string of the molecule is CC(CC#N)n1cc(-c2nc(Cl)nc3ccsc23)cn1.CCS(=O)(=O)N1CC(CC#N)(n2cc(-c3nc(Cl)nc4ccsc34)cn2)C1.N#CCC(C1CCCC1)n1cc(-c2nc(Cl)nc3ccsc23)cn1.N#CCCC(=O)c1ccc(-c2nc(Cl)nc3ccsc23)cc1. The lowest BCUT2D eigenvalue weighted by atomic mass is 9.89. The molecule has 93 heavy (non-hydrogen) atoms. The third-order valence-corrected chi connectivity index (χ3v) is 21.8. The monoisotopic (exact) mass is 1410 g/mol. The summed E-state index contributed by atoms with van der Waals surface area (Å²) in [6.45, 7) is 4.03. The first-order valence-corrected chi connectivity index (χ1v) is 35.5. The van der Waals surface area contributed by atoms with E-state index in [9.17, 15) is 23.7 Å². The second-order valence-corrected chi connectivity index (χ2v) is 28.8. The molecule has 0 amide bonds. The van der Waals surface area contributed by atoms with Crippen LogP contribution >= 0.6 is 91.8 Å². The number of carbonyl (C=O) groups excluding carboxylic acids is 1. The normalized spacial score (nSPS) is 14.3. The van der Waals surface area contributed by atoms with E-state index in [4.69, 9.17) is 56.9 Å². The van der Waals surface area contributed by atoms with Crippen molar-refractivity contribution in [2.24, 2.45) is 5.92 Å². The average molecular weight is 1410 g/mol. The standard InChI is InChI=1S/C17H16ClN5S.C16H15ClN6O2S2.C16H10ClN3OS.C13H10ClN5S/c18-17-21-13-6-8-24-16(13)15(22-17)12-9-20-23(10-12)14(5-7-19)11-3-1-2-4-11;1-2-27(24,25)22-9-16(10-22,4-5-18)23-8-11(7-19-23)13-14-12(3-6-26-14)20-15(17)21-13;17-16-19-12-7-9-22-15(12)14(20-16)11-5-3-10(4-6-11)13(21)2-1-8-18;1-8(2-4-15)19-7-9(6-16-19)11-12-10(3-5-20-12)17-13(14)18-11/h6,8-11,14H,1-5H2;3,6-8H,2,4,9-10H2,1H3;3-7,9H,1-2H2;3,5-8H,2H2,1H3. The third kappa shape index (κ3) is 14.7. The Morgan fingerprint density at radius 1 is 0.581 bits per heavy atom. The number of rotatable bonds is 16. The van der Waals surface area contributed by atoms with Crippen molar-refractivity contribution in [3.63, 3.8) is 0 Å². The molecule has 0 spiro atoms. The number of thiophene rings is 4. The number of carbonyl (C=O) groups is 1. The third-order valence-electron chi connectivity index (χ3n) is 15.7. The van der Waals surface area contributed by atoms with Gasteiger partial charge in [0.25, 0.3) is 0 Å². The van der Waals surface area contributed by atoms with E-state index in [2.05, 4.69) is 73.4 Å². The lowest BCUT2D eigenvalue weighted by Crippen LogP contribution is -2.64. The topological polar surface area (TPSA) is 306 Å². The molecule has 0 N–H and O–H groups in total. The van der Waals surface area contributed by atoms with Crippen LogP contribution in [0.3, 0.4) is 0 Å². The van der Waals surface area contributed by atoms with Crippen molar-refractivity contribution < 1.29 is 13.2 Å². The number of nitrogens with zero attached hydrogens (tertiary/aromatic N) is 19. The molecule has 1 saturated heterocycles. The van der Waals surface area contributed by atoms with E-state index in [1.165, 1.54) is 41.3 Å². The number of benzene rings is 1. The Balaban J connectivity index is 0.000000127. The van der Waals surface area contributed by atoms with Gasteiger partial charge in [-0.25, -0.2) is 48.3 Å². The molecule has 2 aliphatic rings. The van der Waals surface area contributed by atoms with E-state index in [0.29, 0.717) is 30.0 Å². The highest BCUT2D eigenvalue weighted by molar-refractivity contribution is 7.89. The van der Waals surface area contributed by atoms with E-state index in [1.807, 2.05) is 94.2 Å². The summed E-state index contributed by atoms with van der Waals surface area (Å²) in [6, 6.07) is 23.6. The second-order valence-electron chi connectivity index (χ2n) is 21.6. The Morgan fingerprint density at radius 3 is 1.47 bits per heavy atom. The Kier molecular flexibility index (Phi) is 20.9. The number of fused-ring (bicyclic) bond motifs is 4. The minimum atomic E-state index is -3.28. The highest BCUT2D eigenvalue weighted by Gasteiger charge is 2.50. The summed E-state index contributed by atoms with van der Waals surface area (Å²) in [5.74, 6) is 0.540. The maximum absolute atomic E-state index is 12.1. The van der Waals surface area contributed by atoms with Gasteiger partial charge in [-0.05, 0) is 125 Å². The van der Waals surface area contributed by atoms with Gasteiger partial charge < -0.3 is 0 Å². The van der Waals surface area contributed by atoms with Gasteiger partial charge in [0.1, 0.15) is 5.54 Å². The zero-order valence-electron chi connectivity index (χ0n) is 49.4. The summed E-state index contributed by atoms with van der Waals surface area (Å²) < 4.78 is 34.8. The summed E-state index contributed by atoms with van der Waals surface area (Å²) in [7, 11) is -3.28. The van der Waals surface area contributed by atoms with Crippen molar-refractivity contribution in [3.05, 3.63) is 134 Å². The molecule has 1 saturated carbocycles. The minimum Gasteiger partial charge on any atom is -0.294 e. The number of hydrogen-bond donors (Lipinski definition) is 0. The number of nitriles is 4. The fourth-order valence-electron chi connectivity index (χ4n) is 10.9. The predicted octanol–water partition coefficient (Wildman–Crippen LogP) is 15.5. The van der Waals surface area contributed by atoms with Crippen molar-refractivity contribution in [2.45, 2.75) is 89.3 Å². The van der Waals surface area contributed by atoms with Crippen LogP contribution in [0.2, 0.25) is 21.1 Å². The van der Waals surface area contributed by atoms with E-state index in [-0.39, 0.29) is 77.1 Å². The molecule has 2 unspecified atom stereocenters. The Morgan fingerprint density at radius 2 is 1.02 bits per heavy atom. The van der Waals surface area contributed by atoms with Crippen LogP contribution < -0.4 is 0 Å². The smallest absolute Gasteiger partial charge is 0.223 e. The second kappa shape index (κ2) is 29.3. The van der Waals surface area contributed by atoms with Gasteiger partial charge in [-0.2, -0.15) is 40.6 Å². The lowest BCUT2D eigenvalue weighted by Gasteiger charge is -2.47. The molecule has 31 heteroatoms. The van der Waals surface area contributed by atoms with Crippen LogP contribution in [-0.2, 0) is 15.6 Å². The van der Waals surface area contributed by atoms with Gasteiger partial charge in [-0.1, -0.05) is 37.1 Å². The highest BCUT2D eigenvalue weighted by Crippen LogP contribution is 2.40. The van der Waals surface area contributed by atoms with Gasteiger partial charge in [0, 0.05) is 72.3 Å². The first-order valence-electron chi connectivity index (χ1n) is 28.9. The van der Waals surface area contributed by atoms with Crippen LogP contribution in [0.4, 0.5) is 0 Å². The molecule has 470 valence electrons. The van der Waals surface area contributed by atoms with Gasteiger partial charge in [0.05, 0.1) is 144 Å². The molecule has 2 atom stereocenters. The van der Waals surface area contributed by atoms with Gasteiger partial charge in [0.2, 0.25) is 31.2 Å². The Bertz CT molecular complexity index is 4980. The zero-order valence-corrected chi connectivity index (χ0v) is 56.5. The summed E-state index contributed by atoms with van der Waals surface area (Å²) in [5, 5.41) is 57.6. The number of ketones is 1. The number of sulfonamides is 1. The largest absolute Gasteiger partial charge is 0.294 e. The number of Topliss-reactive ketones (excluding diaryl/α,β-unsaturated/α-hetero) is 1. The number of hydrogen-bond acceptors (Lipinski definition) is 22. The first-order chi connectivity index (χ1) is 45.0. The minimum absolute atomic E-state index is 0.0323. The van der Waals surface area contributed by atoms with Crippen LogP contribution in [0.5, 0.6) is 0 Å². The molecule has 1 aliphatic carbocycles. The number of halogens is 4. The van der Waals surface area contributed by atoms with Crippen LogP contribution in [0, 0.1) is 51.2 Å². The molecule has 0 bridgehead atoms. The van der Waals surface area contributed by atoms with E-state index >= 15 is 0 Å². The summed E-state index contributed by atoms with van der Waals surface area (Å²) in [4.78, 5) is 46.1. The molecule has 1 aliphatic heterocycles. The van der Waals surface area contributed by atoms with Crippen molar-refractivity contribution >= 4 is 148 Å². The van der Waals surface area contributed by atoms with Crippen molar-refractivity contribution in [1.82, 2.24) is 73.5 Å². The molecule has 14 rings (SSSR count). The van der Waals surface area contributed by atoms with Crippen molar-refractivity contribution in [3.8, 4) is 69.3 Å². The summed E-state index contributed by atoms with van der Waals surface area (Å²) in [5.41, 5.74) is 9.67. The van der Waals surface area contributed by atoms with Crippen LogP contribution in [0.1, 0.15) is 94.1 Å². The highest BCUT2D eigenvalue weighted by atomic mass is 35.5. The molecule has 0 radical (unpaired) electrons. The maximum atomic E-state index is 12.1. The first kappa shape index (κ1) is 66.2. The molecule has 12 aromatic rings. The van der Waals surface area contributed by atoms with Gasteiger partial charge >= 0.3 is 0 Å². The fraction of sp³-hybridized carbons (Fsp3) is 0.290. The Hall–Kier alpha value is -8.29. The molecule has 12 heterocycles. The maximum Gasteiger partial charge on any atom is 0.223 e. The fourth-order valence-corrected chi connectivity index (χ4v) is 16.2. The molecule has 11 aromatic heterocycles. The van der Waals surface area contributed by atoms with Crippen molar-refractivity contribution in [1.29, 1.82) is 21.0 Å². The molecule has 1 aromatic carbocycles. The van der Waals surface area contributed by atoms with Crippen LogP contribution in [0.15, 0.2) is 107 Å². The predicted molar refractivity (Wildman–Crippen MR) is 363 cm³/mol. The molecule has 22 nitrogen and oxygen atoms in total. The van der Waals surface area contributed by atoms with Gasteiger partial charge in [0.15, 0.2) is 5.78 Å². The van der Waals surface area contributed by atoms with Gasteiger partial charge in [-0.15, -0.1) is 45.3 Å². The average Bonchev–Trinajstić information content (AvgIpc) is 1.73. The van der Waals surface area contributed by atoms with Crippen molar-refractivity contribution in [2.75, 3.05) is 18.8 Å². The molecular formula is C62H51Cl4N19O3S5. The van der Waals surface area contributed by atoms with Gasteiger partial charge in [-0.3, -0.25) is 18.8 Å². The van der Waals surface area contributed by atoms with Crippen LogP contribution in [0.25, 0.3) is 85.9 Å². The summed E-state index contributed by atoms with van der Waals surface area (Å²) >= 11 is 30.3. The summed E-state index contributed by atoms with van der Waals surface area (Å²) in [6.07, 6.45) is 17.3. The quantitative estimate of drug-likeness (QED) is 0.0641. The zero-order chi connectivity index (χ0) is 65.4. The molecular weight excluding hydrogens is 1360 g/mol. The van der Waals surface area contributed by atoms with E-state index in [0.717, 1.165) is 80.2 Å². The Labute approximate surface area is 569 Å². The number of aromatic nitrogens is 14. The van der Waals surface area contributed by atoms with E-state index in [1.54, 1.807) is 81.0 Å². The van der Waals surface area contributed by atoms with E-state index < -0.39 is 15.6 Å². The lowest BCUT2D eigenvalue weighted by molar-refractivity contribution is 0.0719. The molecule has 2 fully saturated rings. The van der Waals surface area contributed by atoms with Crippen LogP contribution in [-0.4, -0.2) is 107 Å².